The van der Waals surface area contributed by atoms with Crippen molar-refractivity contribution in [2.24, 2.45) is 0 Å². The van der Waals surface area contributed by atoms with Gasteiger partial charge in [0.25, 0.3) is 11.8 Å². The molecule has 0 spiro atoms. The smallest absolute Gasteiger partial charge is 0.254 e. The minimum Gasteiger partial charge on any atom is -0.337 e. The van der Waals surface area contributed by atoms with Crippen molar-refractivity contribution in [2.45, 2.75) is 39.8 Å². The molecule has 0 saturated carbocycles. The minimum absolute atomic E-state index is 0.208. The quantitative estimate of drug-likeness (QED) is 0.552. The standard InChI is InChI=1S/C20H24N6O4/c1-5-15-21-17(29-23-15)11-25(3)19(27)13-7-9-14(10-8-13)20(28)26(4)12-18-22-16(6-2)24-30-18/h7-10H,5-6,11-12H2,1-4H3. The second-order valence-corrected chi connectivity index (χ2v) is 6.82. The Hall–Kier alpha value is -3.56. The number of carbonyl (C=O) groups excluding carboxylic acids is 2. The Bertz CT molecular complexity index is 929. The predicted molar refractivity (Wildman–Crippen MR) is 105 cm³/mol. The maximum atomic E-state index is 12.6. The molecule has 158 valence electrons. The zero-order valence-corrected chi connectivity index (χ0v) is 17.5. The summed E-state index contributed by atoms with van der Waals surface area (Å²) in [6, 6.07) is 6.47. The summed E-state index contributed by atoms with van der Waals surface area (Å²) >= 11 is 0. The highest BCUT2D eigenvalue weighted by Gasteiger charge is 2.18. The highest BCUT2D eigenvalue weighted by molar-refractivity contribution is 5.97. The molecule has 0 atom stereocenters. The van der Waals surface area contributed by atoms with Crippen LogP contribution in [0.4, 0.5) is 0 Å². The number of carbonyl (C=O) groups is 2. The average molecular weight is 412 g/mol. The Balaban J connectivity index is 1.61. The monoisotopic (exact) mass is 412 g/mol. The first kappa shape index (κ1) is 21.2. The van der Waals surface area contributed by atoms with Crippen LogP contribution in [0.5, 0.6) is 0 Å². The van der Waals surface area contributed by atoms with Crippen molar-refractivity contribution in [3.8, 4) is 0 Å². The Morgan fingerprint density at radius 3 is 1.43 bits per heavy atom. The van der Waals surface area contributed by atoms with Gasteiger partial charge in [-0.3, -0.25) is 9.59 Å². The number of rotatable bonds is 8. The Morgan fingerprint density at radius 2 is 1.13 bits per heavy atom. The van der Waals surface area contributed by atoms with E-state index in [1.165, 1.54) is 9.80 Å². The van der Waals surface area contributed by atoms with Gasteiger partial charge in [-0.25, -0.2) is 0 Å². The molecule has 0 saturated heterocycles. The van der Waals surface area contributed by atoms with Crippen molar-refractivity contribution in [1.29, 1.82) is 0 Å². The number of hydrogen-bond acceptors (Lipinski definition) is 8. The van der Waals surface area contributed by atoms with Crippen LogP contribution in [0.15, 0.2) is 33.3 Å². The molecule has 0 aliphatic carbocycles. The lowest BCUT2D eigenvalue weighted by Gasteiger charge is -2.16. The molecule has 2 aromatic heterocycles. The minimum atomic E-state index is -0.212. The highest BCUT2D eigenvalue weighted by atomic mass is 16.5. The molecular weight excluding hydrogens is 388 g/mol. The number of benzene rings is 1. The van der Waals surface area contributed by atoms with Gasteiger partial charge in [0.05, 0.1) is 13.1 Å². The topological polar surface area (TPSA) is 118 Å². The molecule has 0 N–H and O–H groups in total. The number of aryl methyl sites for hydroxylation is 2. The fourth-order valence-corrected chi connectivity index (χ4v) is 2.74. The van der Waals surface area contributed by atoms with Gasteiger partial charge < -0.3 is 18.8 Å². The molecule has 0 bridgehead atoms. The van der Waals surface area contributed by atoms with Crippen LogP contribution in [0, 0.1) is 0 Å². The first-order valence-electron chi connectivity index (χ1n) is 9.65. The normalized spacial score (nSPS) is 10.8. The number of aromatic nitrogens is 4. The largest absolute Gasteiger partial charge is 0.337 e. The summed E-state index contributed by atoms with van der Waals surface area (Å²) in [5.74, 6) is 1.54. The number of nitrogens with zero attached hydrogens (tertiary/aromatic N) is 6. The molecule has 10 nitrogen and oxygen atoms in total. The fourth-order valence-electron chi connectivity index (χ4n) is 2.74. The molecule has 0 aliphatic heterocycles. The molecule has 0 unspecified atom stereocenters. The number of hydrogen-bond donors (Lipinski definition) is 0. The van der Waals surface area contributed by atoms with Crippen molar-refractivity contribution in [1.82, 2.24) is 30.1 Å². The molecule has 3 rings (SSSR count). The van der Waals surface area contributed by atoms with Gasteiger partial charge in [-0.2, -0.15) is 9.97 Å². The lowest BCUT2D eigenvalue weighted by molar-refractivity contribution is 0.0758. The van der Waals surface area contributed by atoms with Crippen LogP contribution in [0.25, 0.3) is 0 Å². The van der Waals surface area contributed by atoms with E-state index < -0.39 is 0 Å². The van der Waals surface area contributed by atoms with E-state index in [4.69, 9.17) is 9.05 Å². The third kappa shape index (κ3) is 4.88. The predicted octanol–water partition coefficient (Wildman–Crippen LogP) is 2.12. The van der Waals surface area contributed by atoms with Crippen molar-refractivity contribution < 1.29 is 18.6 Å². The van der Waals surface area contributed by atoms with Gasteiger partial charge in [-0.15, -0.1) is 0 Å². The molecule has 10 heteroatoms. The second kappa shape index (κ2) is 9.29. The zero-order valence-electron chi connectivity index (χ0n) is 17.5. The Kier molecular flexibility index (Phi) is 6.55. The van der Waals surface area contributed by atoms with Gasteiger partial charge in [-0.05, 0) is 24.3 Å². The summed E-state index contributed by atoms with van der Waals surface area (Å²) < 4.78 is 10.2. The van der Waals surface area contributed by atoms with Gasteiger partial charge in [0.15, 0.2) is 11.6 Å². The molecule has 2 amide bonds. The van der Waals surface area contributed by atoms with E-state index >= 15 is 0 Å². The van der Waals surface area contributed by atoms with Crippen LogP contribution in [0.3, 0.4) is 0 Å². The average Bonchev–Trinajstić information content (AvgIpc) is 3.41. The van der Waals surface area contributed by atoms with E-state index in [1.54, 1.807) is 38.4 Å². The van der Waals surface area contributed by atoms with Crippen LogP contribution in [-0.4, -0.2) is 56.0 Å². The van der Waals surface area contributed by atoms with Crippen LogP contribution in [0.1, 0.15) is 58.0 Å². The molecule has 1 aromatic carbocycles. The van der Waals surface area contributed by atoms with E-state index in [-0.39, 0.29) is 24.9 Å². The lowest BCUT2D eigenvalue weighted by Crippen LogP contribution is -2.27. The molecule has 2 heterocycles. The Labute approximate surface area is 173 Å². The van der Waals surface area contributed by atoms with Gasteiger partial charge in [-0.1, -0.05) is 24.2 Å². The van der Waals surface area contributed by atoms with Crippen LogP contribution >= 0.6 is 0 Å². The van der Waals surface area contributed by atoms with Gasteiger partial charge >= 0.3 is 0 Å². The molecule has 30 heavy (non-hydrogen) atoms. The first-order chi connectivity index (χ1) is 14.4. The first-order valence-corrected chi connectivity index (χ1v) is 9.65. The summed E-state index contributed by atoms with van der Waals surface area (Å²) in [5, 5.41) is 7.64. The lowest BCUT2D eigenvalue weighted by atomic mass is 10.1. The van der Waals surface area contributed by atoms with Gasteiger partial charge in [0, 0.05) is 38.1 Å². The van der Waals surface area contributed by atoms with E-state index in [1.807, 2.05) is 13.8 Å². The van der Waals surface area contributed by atoms with Gasteiger partial charge in [0.2, 0.25) is 11.8 Å². The third-order valence-electron chi connectivity index (χ3n) is 4.47. The second-order valence-electron chi connectivity index (χ2n) is 6.82. The third-order valence-corrected chi connectivity index (χ3v) is 4.47. The molecule has 0 aliphatic rings. The van der Waals surface area contributed by atoms with Crippen LogP contribution < -0.4 is 0 Å². The van der Waals surface area contributed by atoms with Crippen molar-refractivity contribution >= 4 is 11.8 Å². The fraction of sp³-hybridized carbons (Fsp3) is 0.400. The highest BCUT2D eigenvalue weighted by Crippen LogP contribution is 2.12. The van der Waals surface area contributed by atoms with E-state index in [0.717, 1.165) is 0 Å². The van der Waals surface area contributed by atoms with Crippen molar-refractivity contribution in [3.05, 3.63) is 58.8 Å². The molecule has 0 fully saturated rings. The SMILES string of the molecule is CCc1noc(CN(C)C(=O)c2ccc(C(=O)N(C)Cc3nc(CC)no3)cc2)n1. The van der Waals surface area contributed by atoms with E-state index in [2.05, 4.69) is 20.3 Å². The van der Waals surface area contributed by atoms with E-state index in [0.29, 0.717) is 47.4 Å². The maximum Gasteiger partial charge on any atom is 0.254 e. The molecule has 3 aromatic rings. The summed E-state index contributed by atoms with van der Waals surface area (Å²) in [6.45, 7) is 4.26. The van der Waals surface area contributed by atoms with Crippen molar-refractivity contribution in [3.63, 3.8) is 0 Å². The summed E-state index contributed by atoms with van der Waals surface area (Å²) in [5.41, 5.74) is 0.910. The van der Waals surface area contributed by atoms with Gasteiger partial charge in [0.1, 0.15) is 0 Å². The van der Waals surface area contributed by atoms with Crippen LogP contribution in [0.2, 0.25) is 0 Å². The number of amides is 2. The summed E-state index contributed by atoms with van der Waals surface area (Å²) in [4.78, 5) is 36.6. The Morgan fingerprint density at radius 1 is 0.767 bits per heavy atom. The van der Waals surface area contributed by atoms with E-state index in [9.17, 15) is 9.59 Å². The molecular formula is C20H24N6O4. The van der Waals surface area contributed by atoms with Crippen molar-refractivity contribution in [2.75, 3.05) is 14.1 Å². The molecule has 0 radical (unpaired) electrons. The maximum absolute atomic E-state index is 12.6. The zero-order chi connectivity index (χ0) is 21.7. The summed E-state index contributed by atoms with van der Waals surface area (Å²) in [7, 11) is 3.31. The summed E-state index contributed by atoms with van der Waals surface area (Å²) in [6.07, 6.45) is 1.33. The van der Waals surface area contributed by atoms with Crippen LogP contribution in [-0.2, 0) is 25.9 Å².